The second-order valence-electron chi connectivity index (χ2n) is 7.11. The number of amides is 1. The van der Waals surface area contributed by atoms with Crippen LogP contribution >= 0.6 is 11.3 Å². The van der Waals surface area contributed by atoms with Gasteiger partial charge in [-0.05, 0) is 31.4 Å². The molecule has 7 heteroatoms. The number of anilines is 1. The normalized spacial score (nSPS) is 14.9. The Morgan fingerprint density at radius 3 is 2.68 bits per heavy atom. The highest BCUT2D eigenvalue weighted by Gasteiger charge is 2.22. The van der Waals surface area contributed by atoms with Gasteiger partial charge in [-0.2, -0.15) is 0 Å². The van der Waals surface area contributed by atoms with Crippen LogP contribution in [0.15, 0.2) is 30.6 Å². The van der Waals surface area contributed by atoms with Crippen molar-refractivity contribution in [1.29, 1.82) is 0 Å². The van der Waals surface area contributed by atoms with Gasteiger partial charge in [0.2, 0.25) is 0 Å². The number of carbonyl (C=O) groups is 1. The van der Waals surface area contributed by atoms with Gasteiger partial charge in [-0.3, -0.25) is 4.79 Å². The highest BCUT2D eigenvalue weighted by molar-refractivity contribution is 7.20. The third-order valence-corrected chi connectivity index (χ3v) is 6.41. The highest BCUT2D eigenvalue weighted by Crippen LogP contribution is 2.35. The van der Waals surface area contributed by atoms with Crippen LogP contribution in [0.1, 0.15) is 46.5 Å². The zero-order chi connectivity index (χ0) is 19.5. The molecule has 3 heterocycles. The molecule has 0 saturated carbocycles. The Hall–Kier alpha value is -2.54. The van der Waals surface area contributed by atoms with E-state index in [1.54, 1.807) is 24.5 Å². The van der Waals surface area contributed by atoms with E-state index in [1.807, 2.05) is 6.92 Å². The van der Waals surface area contributed by atoms with Crippen LogP contribution in [0.2, 0.25) is 0 Å². The summed E-state index contributed by atoms with van der Waals surface area (Å²) in [6.45, 7) is 4.07. The largest absolute Gasteiger partial charge is 0.356 e. The molecule has 0 bridgehead atoms. The second kappa shape index (κ2) is 8.22. The number of halogens is 1. The fraction of sp³-hybridized carbons (Fsp3) is 0.381. The van der Waals surface area contributed by atoms with Gasteiger partial charge in [0.25, 0.3) is 5.91 Å². The molecule has 1 aromatic carbocycles. The molecule has 0 atom stereocenters. The van der Waals surface area contributed by atoms with Gasteiger partial charge < -0.3 is 10.2 Å². The average molecular weight is 399 g/mol. The van der Waals surface area contributed by atoms with E-state index in [4.69, 9.17) is 0 Å². The second-order valence-corrected chi connectivity index (χ2v) is 8.11. The van der Waals surface area contributed by atoms with Crippen molar-refractivity contribution in [2.45, 2.75) is 39.2 Å². The molecular weight excluding hydrogens is 375 g/mol. The number of hydrogen-bond donors (Lipinski definition) is 1. The van der Waals surface area contributed by atoms with Gasteiger partial charge in [-0.25, -0.2) is 14.4 Å². The Morgan fingerprint density at radius 2 is 1.93 bits per heavy atom. The lowest BCUT2D eigenvalue weighted by molar-refractivity contribution is 0.0954. The van der Waals surface area contributed by atoms with Crippen molar-refractivity contribution in [3.05, 3.63) is 52.4 Å². The lowest BCUT2D eigenvalue weighted by Gasteiger charge is -2.22. The van der Waals surface area contributed by atoms with Crippen LogP contribution in [0.5, 0.6) is 0 Å². The van der Waals surface area contributed by atoms with Gasteiger partial charge in [0.05, 0.1) is 10.3 Å². The Bertz CT molecular complexity index is 995. The van der Waals surface area contributed by atoms with Crippen LogP contribution in [0, 0.1) is 12.7 Å². The molecule has 4 rings (SSSR count). The van der Waals surface area contributed by atoms with Crippen molar-refractivity contribution in [2.24, 2.45) is 0 Å². The number of fused-ring (bicyclic) bond motifs is 1. The zero-order valence-electron chi connectivity index (χ0n) is 15.9. The maximum Gasteiger partial charge on any atom is 0.261 e. The van der Waals surface area contributed by atoms with E-state index in [0.29, 0.717) is 10.4 Å². The minimum Gasteiger partial charge on any atom is -0.356 e. The summed E-state index contributed by atoms with van der Waals surface area (Å²) >= 11 is 1.37. The predicted molar refractivity (Wildman–Crippen MR) is 110 cm³/mol. The van der Waals surface area contributed by atoms with Crippen molar-refractivity contribution < 1.29 is 9.18 Å². The Labute approximate surface area is 167 Å². The molecule has 28 heavy (non-hydrogen) atoms. The lowest BCUT2D eigenvalue weighted by Crippen LogP contribution is -2.25. The molecule has 5 nitrogen and oxygen atoms in total. The zero-order valence-corrected chi connectivity index (χ0v) is 16.7. The molecule has 1 aliphatic heterocycles. The van der Waals surface area contributed by atoms with Crippen LogP contribution in [-0.2, 0) is 6.54 Å². The third-order valence-electron chi connectivity index (χ3n) is 5.22. The quantitative estimate of drug-likeness (QED) is 0.705. The fourth-order valence-corrected chi connectivity index (χ4v) is 4.75. The van der Waals surface area contributed by atoms with Gasteiger partial charge in [-0.1, -0.05) is 31.0 Å². The van der Waals surface area contributed by atoms with E-state index in [2.05, 4.69) is 20.2 Å². The van der Waals surface area contributed by atoms with Gasteiger partial charge in [0.1, 0.15) is 22.8 Å². The summed E-state index contributed by atoms with van der Waals surface area (Å²) in [4.78, 5) is 25.5. The molecule has 1 fully saturated rings. The lowest BCUT2D eigenvalue weighted by atomic mass is 10.1. The SMILES string of the molecule is Cc1c(C(=O)NCc2ccccc2F)sc2ncnc(N3CCCCCC3)c12. The van der Waals surface area contributed by atoms with Crippen molar-refractivity contribution in [3.8, 4) is 0 Å². The Kier molecular flexibility index (Phi) is 5.52. The molecule has 0 unspecified atom stereocenters. The Balaban J connectivity index is 1.61. The first-order chi connectivity index (χ1) is 13.6. The first-order valence-electron chi connectivity index (χ1n) is 9.66. The van der Waals surface area contributed by atoms with E-state index >= 15 is 0 Å². The molecule has 1 aliphatic rings. The van der Waals surface area contributed by atoms with Crippen LogP contribution in [0.4, 0.5) is 10.2 Å². The van der Waals surface area contributed by atoms with Gasteiger partial charge >= 0.3 is 0 Å². The number of nitrogens with zero attached hydrogens (tertiary/aromatic N) is 3. The average Bonchev–Trinajstić information content (AvgIpc) is 2.88. The molecule has 0 spiro atoms. The number of carbonyl (C=O) groups excluding carboxylic acids is 1. The molecule has 3 aromatic rings. The first-order valence-corrected chi connectivity index (χ1v) is 10.5. The maximum absolute atomic E-state index is 13.8. The molecular formula is C21H23FN4OS. The van der Waals surface area contributed by atoms with Crippen molar-refractivity contribution >= 4 is 33.3 Å². The van der Waals surface area contributed by atoms with Crippen LogP contribution in [0.25, 0.3) is 10.2 Å². The summed E-state index contributed by atoms with van der Waals surface area (Å²) in [7, 11) is 0. The molecule has 1 N–H and O–H groups in total. The molecule has 146 valence electrons. The smallest absolute Gasteiger partial charge is 0.261 e. The number of rotatable bonds is 4. The van der Waals surface area contributed by atoms with E-state index in [1.165, 1.54) is 30.2 Å². The van der Waals surface area contributed by atoms with Crippen molar-refractivity contribution in [3.63, 3.8) is 0 Å². The topological polar surface area (TPSA) is 58.1 Å². The Morgan fingerprint density at radius 1 is 1.18 bits per heavy atom. The summed E-state index contributed by atoms with van der Waals surface area (Å²) in [5.41, 5.74) is 1.37. The first kappa shape index (κ1) is 18.8. The standard InChI is InChI=1S/C21H23FN4OS/c1-14-17-19(26-10-6-2-3-7-11-26)24-13-25-21(17)28-18(14)20(27)23-12-15-8-4-5-9-16(15)22/h4-5,8-9,13H,2-3,6-7,10-12H2,1H3,(H,23,27). The predicted octanol–water partition coefficient (Wildman–Crippen LogP) is 4.45. The van der Waals surface area contributed by atoms with Crippen LogP contribution < -0.4 is 10.2 Å². The molecule has 0 radical (unpaired) electrons. The number of hydrogen-bond acceptors (Lipinski definition) is 5. The number of aromatic nitrogens is 2. The minimum atomic E-state index is -0.315. The van der Waals surface area contributed by atoms with E-state index in [-0.39, 0.29) is 18.3 Å². The van der Waals surface area contributed by atoms with Crippen molar-refractivity contribution in [1.82, 2.24) is 15.3 Å². The maximum atomic E-state index is 13.8. The van der Waals surface area contributed by atoms with Crippen molar-refractivity contribution in [2.75, 3.05) is 18.0 Å². The fourth-order valence-electron chi connectivity index (χ4n) is 3.69. The van der Waals surface area contributed by atoms with Gasteiger partial charge in [0.15, 0.2) is 0 Å². The minimum absolute atomic E-state index is 0.157. The highest BCUT2D eigenvalue weighted by atomic mass is 32.1. The van der Waals surface area contributed by atoms with Crippen LogP contribution in [-0.4, -0.2) is 29.0 Å². The monoisotopic (exact) mass is 398 g/mol. The third kappa shape index (κ3) is 3.71. The number of nitrogens with one attached hydrogen (secondary N) is 1. The molecule has 2 aromatic heterocycles. The van der Waals surface area contributed by atoms with Gasteiger partial charge in [0, 0.05) is 25.2 Å². The number of thiophene rings is 1. The molecule has 1 saturated heterocycles. The van der Waals surface area contributed by atoms with E-state index in [0.717, 1.165) is 47.5 Å². The summed E-state index contributed by atoms with van der Waals surface area (Å²) in [5.74, 6) is 0.407. The summed E-state index contributed by atoms with van der Waals surface area (Å²) in [6, 6.07) is 6.48. The van der Waals surface area contributed by atoms with Gasteiger partial charge in [-0.15, -0.1) is 11.3 Å². The van der Waals surface area contributed by atoms with E-state index in [9.17, 15) is 9.18 Å². The summed E-state index contributed by atoms with van der Waals surface area (Å²) in [6.07, 6.45) is 6.39. The van der Waals surface area contributed by atoms with Crippen LogP contribution in [0.3, 0.4) is 0 Å². The summed E-state index contributed by atoms with van der Waals surface area (Å²) < 4.78 is 13.8. The van der Waals surface area contributed by atoms with E-state index < -0.39 is 0 Å². The summed E-state index contributed by atoms with van der Waals surface area (Å²) in [5, 5.41) is 3.80. The molecule has 1 amide bonds. The number of aryl methyl sites for hydroxylation is 1. The molecule has 0 aliphatic carbocycles. The number of benzene rings is 1.